The van der Waals surface area contributed by atoms with Gasteiger partial charge in [-0.25, -0.2) is 17.7 Å². The molecule has 0 saturated carbocycles. The first-order valence-corrected chi connectivity index (χ1v) is 14.2. The van der Waals surface area contributed by atoms with Gasteiger partial charge < -0.3 is 25.0 Å². The van der Waals surface area contributed by atoms with E-state index in [1.807, 2.05) is 27.7 Å². The summed E-state index contributed by atoms with van der Waals surface area (Å²) >= 11 is 0. The molecule has 13 nitrogen and oxygen atoms in total. The number of hydrogen-bond acceptors (Lipinski definition) is 11. The molecule has 0 radical (unpaired) electrons. The molecule has 0 aliphatic carbocycles. The predicted molar refractivity (Wildman–Crippen MR) is 140 cm³/mol. The molecular weight excluding hydrogens is 498 g/mol. The zero-order valence-electron chi connectivity index (χ0n) is 21.4. The number of sulfonamides is 1. The zero-order valence-corrected chi connectivity index (χ0v) is 22.2. The van der Waals surface area contributed by atoms with E-state index in [1.54, 1.807) is 14.2 Å². The molecule has 1 atom stereocenters. The van der Waals surface area contributed by atoms with Gasteiger partial charge in [0.1, 0.15) is 17.1 Å². The first-order valence-electron chi connectivity index (χ1n) is 12.3. The Morgan fingerprint density at radius 2 is 1.78 bits per heavy atom. The van der Waals surface area contributed by atoms with Crippen molar-refractivity contribution in [2.24, 2.45) is 5.73 Å². The summed E-state index contributed by atoms with van der Waals surface area (Å²) in [6.07, 6.45) is 2.82. The van der Waals surface area contributed by atoms with Gasteiger partial charge in [-0.05, 0) is 25.0 Å². The van der Waals surface area contributed by atoms with Crippen LogP contribution in [0.3, 0.4) is 0 Å². The van der Waals surface area contributed by atoms with Crippen molar-refractivity contribution in [2.45, 2.75) is 25.4 Å². The monoisotopic (exact) mass is 531 g/mol. The lowest BCUT2D eigenvalue weighted by atomic mass is 10.1. The molecule has 2 fully saturated rings. The van der Waals surface area contributed by atoms with E-state index in [2.05, 4.69) is 4.90 Å². The third kappa shape index (κ3) is 5.06. The van der Waals surface area contributed by atoms with Crippen LogP contribution in [0, 0.1) is 0 Å². The first kappa shape index (κ1) is 25.6. The van der Waals surface area contributed by atoms with E-state index in [4.69, 9.17) is 35.1 Å². The Bertz CT molecular complexity index is 1370. The average molecular weight is 532 g/mol. The maximum atomic E-state index is 12.2. The minimum atomic E-state index is -3.32. The molecule has 0 amide bonds. The maximum absolute atomic E-state index is 12.2. The fourth-order valence-corrected chi connectivity index (χ4v) is 5.55. The maximum Gasteiger partial charge on any atom is 0.242 e. The standard InChI is InChI=1S/C23H33N9O4S/c1-29(37(3,33)34)16-6-5-9-31(15-16)22-26-21(30-10-12-36-13-11-30)27-23(28-22)32-17-7-4-8-18(35-2)20(17)25-19(32)14-24/h4,7-8,16H,5-6,9-15,24H2,1-3H3/t16-/m0/s1. The molecule has 2 aliphatic rings. The van der Waals surface area contributed by atoms with Crippen LogP contribution in [0.5, 0.6) is 5.75 Å². The average Bonchev–Trinajstić information content (AvgIpc) is 3.31. The highest BCUT2D eigenvalue weighted by molar-refractivity contribution is 7.88. The number of methoxy groups -OCH3 is 1. The Morgan fingerprint density at radius 3 is 2.46 bits per heavy atom. The van der Waals surface area contributed by atoms with Crippen molar-refractivity contribution in [3.8, 4) is 11.7 Å². The molecule has 1 aromatic carbocycles. The van der Waals surface area contributed by atoms with Crippen LogP contribution in [0.1, 0.15) is 18.7 Å². The number of nitrogens with zero attached hydrogens (tertiary/aromatic N) is 8. The number of para-hydroxylation sites is 1. The van der Waals surface area contributed by atoms with Crippen LogP contribution >= 0.6 is 0 Å². The van der Waals surface area contributed by atoms with Gasteiger partial charge in [0.15, 0.2) is 0 Å². The highest BCUT2D eigenvalue weighted by atomic mass is 32.2. The summed E-state index contributed by atoms with van der Waals surface area (Å²) in [4.78, 5) is 23.4. The Morgan fingerprint density at radius 1 is 1.08 bits per heavy atom. The van der Waals surface area contributed by atoms with Crippen molar-refractivity contribution in [2.75, 3.05) is 69.6 Å². The number of aromatic nitrogens is 5. The molecular formula is C23H33N9O4S. The molecule has 2 aliphatic heterocycles. The number of likely N-dealkylation sites (N-methyl/N-ethyl adjacent to an activating group) is 1. The molecule has 2 saturated heterocycles. The number of rotatable bonds is 7. The lowest BCUT2D eigenvalue weighted by Crippen LogP contribution is -2.49. The van der Waals surface area contributed by atoms with Crippen LogP contribution in [-0.2, 0) is 21.3 Å². The van der Waals surface area contributed by atoms with E-state index < -0.39 is 10.0 Å². The molecule has 2 aromatic heterocycles. The summed E-state index contributed by atoms with van der Waals surface area (Å²) in [7, 11) is -0.0937. The third-order valence-corrected chi connectivity index (χ3v) is 8.28. The predicted octanol–water partition coefficient (Wildman–Crippen LogP) is 0.375. The molecule has 4 heterocycles. The second-order valence-corrected chi connectivity index (χ2v) is 11.3. The van der Waals surface area contributed by atoms with Gasteiger partial charge in [-0.1, -0.05) is 6.07 Å². The Hall–Kier alpha value is -3.07. The highest BCUT2D eigenvalue weighted by Crippen LogP contribution is 2.29. The van der Waals surface area contributed by atoms with Crippen molar-refractivity contribution < 1.29 is 17.9 Å². The second kappa shape index (κ2) is 10.4. The number of piperidine rings is 1. The summed E-state index contributed by atoms with van der Waals surface area (Å²) in [5.74, 6) is 2.66. The molecule has 0 bridgehead atoms. The van der Waals surface area contributed by atoms with Crippen LogP contribution in [0.4, 0.5) is 11.9 Å². The Balaban J connectivity index is 1.62. The molecule has 37 heavy (non-hydrogen) atoms. The molecule has 14 heteroatoms. The summed E-state index contributed by atoms with van der Waals surface area (Å²) < 4.78 is 38.7. The molecule has 0 spiro atoms. The normalized spacial score (nSPS) is 19.1. The molecule has 3 aromatic rings. The molecule has 2 N–H and O–H groups in total. The molecule has 200 valence electrons. The van der Waals surface area contributed by atoms with Crippen molar-refractivity contribution in [3.05, 3.63) is 24.0 Å². The number of morpholine rings is 1. The first-order chi connectivity index (χ1) is 17.8. The van der Waals surface area contributed by atoms with Crippen LogP contribution in [0.2, 0.25) is 0 Å². The number of fused-ring (bicyclic) bond motifs is 1. The highest BCUT2D eigenvalue weighted by Gasteiger charge is 2.30. The van der Waals surface area contributed by atoms with Crippen LogP contribution in [-0.4, -0.2) is 103 Å². The molecule has 0 unspecified atom stereocenters. The van der Waals surface area contributed by atoms with Gasteiger partial charge in [0.05, 0.1) is 38.6 Å². The van der Waals surface area contributed by atoms with E-state index in [1.165, 1.54) is 10.6 Å². The van der Waals surface area contributed by atoms with Crippen LogP contribution in [0.25, 0.3) is 17.0 Å². The number of benzene rings is 1. The summed E-state index contributed by atoms with van der Waals surface area (Å²) in [5.41, 5.74) is 7.55. The van der Waals surface area contributed by atoms with Gasteiger partial charge in [-0.3, -0.25) is 4.57 Å². The van der Waals surface area contributed by atoms with Gasteiger partial charge in [-0.15, -0.1) is 0 Å². The Labute approximate surface area is 216 Å². The molecule has 5 rings (SSSR count). The Kier molecular flexibility index (Phi) is 7.16. The summed E-state index contributed by atoms with van der Waals surface area (Å²) in [6, 6.07) is 5.50. The second-order valence-electron chi connectivity index (χ2n) is 9.25. The van der Waals surface area contributed by atoms with Gasteiger partial charge in [0, 0.05) is 39.3 Å². The van der Waals surface area contributed by atoms with Crippen molar-refractivity contribution in [1.29, 1.82) is 0 Å². The fraction of sp³-hybridized carbons (Fsp3) is 0.565. The van der Waals surface area contributed by atoms with Gasteiger partial charge in [0.2, 0.25) is 27.9 Å². The van der Waals surface area contributed by atoms with Crippen LogP contribution in [0.15, 0.2) is 18.2 Å². The largest absolute Gasteiger partial charge is 0.494 e. The van der Waals surface area contributed by atoms with E-state index in [9.17, 15) is 8.42 Å². The lowest BCUT2D eigenvalue weighted by Gasteiger charge is -2.37. The van der Waals surface area contributed by atoms with Gasteiger partial charge in [0.25, 0.3) is 0 Å². The van der Waals surface area contributed by atoms with E-state index in [-0.39, 0.29) is 12.6 Å². The third-order valence-electron chi connectivity index (χ3n) is 6.93. The van der Waals surface area contributed by atoms with E-state index in [0.717, 1.165) is 18.4 Å². The summed E-state index contributed by atoms with van der Waals surface area (Å²) in [5, 5.41) is 0. The number of hydrogen-bond donors (Lipinski definition) is 1. The SMILES string of the molecule is COc1cccc2c1nc(CN)n2-c1nc(N2CCOCC2)nc(N2CCC[C@H](N(C)S(C)(=O)=O)C2)n1. The number of ether oxygens (including phenoxy) is 2. The lowest BCUT2D eigenvalue weighted by molar-refractivity contribution is 0.122. The smallest absolute Gasteiger partial charge is 0.242 e. The van der Waals surface area contributed by atoms with Gasteiger partial charge in [-0.2, -0.15) is 15.0 Å². The summed E-state index contributed by atoms with van der Waals surface area (Å²) in [6.45, 7) is 3.85. The van der Waals surface area contributed by atoms with Gasteiger partial charge >= 0.3 is 0 Å². The van der Waals surface area contributed by atoms with Crippen molar-refractivity contribution in [1.82, 2.24) is 28.8 Å². The quantitative estimate of drug-likeness (QED) is 0.451. The van der Waals surface area contributed by atoms with Crippen LogP contribution < -0.4 is 20.3 Å². The van der Waals surface area contributed by atoms with Crippen molar-refractivity contribution in [3.63, 3.8) is 0 Å². The topological polar surface area (TPSA) is 145 Å². The fourth-order valence-electron chi connectivity index (χ4n) is 4.84. The van der Waals surface area contributed by atoms with E-state index in [0.29, 0.717) is 74.3 Å². The number of nitrogens with two attached hydrogens (primary N) is 1. The minimum absolute atomic E-state index is 0.172. The van der Waals surface area contributed by atoms with E-state index >= 15 is 0 Å². The minimum Gasteiger partial charge on any atom is -0.494 e. The number of anilines is 2. The number of imidazole rings is 1. The zero-order chi connectivity index (χ0) is 26.2. The van der Waals surface area contributed by atoms with Crippen molar-refractivity contribution >= 4 is 33.0 Å².